The Kier molecular flexibility index (Phi) is 3.19. The summed E-state index contributed by atoms with van der Waals surface area (Å²) in [5.41, 5.74) is 7.29. The smallest absolute Gasteiger partial charge is 0.414 e. The van der Waals surface area contributed by atoms with Crippen molar-refractivity contribution in [2.45, 2.75) is 13.0 Å². The number of hydrogen-bond acceptors (Lipinski definition) is 4. The maximum atomic E-state index is 11.7. The highest BCUT2D eigenvalue weighted by Gasteiger charge is 2.32. The Hall–Kier alpha value is -1.75. The van der Waals surface area contributed by atoms with Crippen LogP contribution in [0.1, 0.15) is 5.56 Å². The van der Waals surface area contributed by atoms with E-state index in [-0.39, 0.29) is 12.2 Å². The Morgan fingerprint density at radius 1 is 1.59 bits per heavy atom. The standard InChI is InChI=1S/C12H16N2O3/c1-8-3-4-11(16-2)10(5-8)14-7-9(6-13)17-12(14)15/h3-5,9H,6-7,13H2,1-2H3. The van der Waals surface area contributed by atoms with E-state index in [0.717, 1.165) is 11.3 Å². The summed E-state index contributed by atoms with van der Waals surface area (Å²) in [5.74, 6) is 0.658. The van der Waals surface area contributed by atoms with Gasteiger partial charge in [-0.25, -0.2) is 4.79 Å². The van der Waals surface area contributed by atoms with E-state index in [1.807, 2.05) is 25.1 Å². The maximum absolute atomic E-state index is 11.7. The number of rotatable bonds is 3. The van der Waals surface area contributed by atoms with Gasteiger partial charge in [-0.05, 0) is 24.6 Å². The summed E-state index contributed by atoms with van der Waals surface area (Å²) in [6.45, 7) is 2.76. The van der Waals surface area contributed by atoms with Gasteiger partial charge < -0.3 is 15.2 Å². The number of methoxy groups -OCH3 is 1. The normalized spacial score (nSPS) is 19.4. The minimum absolute atomic E-state index is 0.243. The van der Waals surface area contributed by atoms with Crippen LogP contribution in [0.4, 0.5) is 10.5 Å². The molecule has 1 unspecified atom stereocenters. The Bertz CT molecular complexity index is 434. The second-order valence-corrected chi connectivity index (χ2v) is 4.03. The van der Waals surface area contributed by atoms with Crippen molar-refractivity contribution in [1.82, 2.24) is 0 Å². The predicted molar refractivity (Wildman–Crippen MR) is 64.4 cm³/mol. The molecule has 0 radical (unpaired) electrons. The van der Waals surface area contributed by atoms with Crippen LogP contribution < -0.4 is 15.4 Å². The molecule has 1 fully saturated rings. The third-order valence-corrected chi connectivity index (χ3v) is 2.76. The quantitative estimate of drug-likeness (QED) is 0.858. The van der Waals surface area contributed by atoms with E-state index < -0.39 is 0 Å². The summed E-state index contributed by atoms with van der Waals surface area (Å²) in [6.07, 6.45) is -0.614. The number of cyclic esters (lactones) is 1. The summed E-state index contributed by atoms with van der Waals surface area (Å²) >= 11 is 0. The van der Waals surface area contributed by atoms with Gasteiger partial charge in [0.1, 0.15) is 11.9 Å². The summed E-state index contributed by atoms with van der Waals surface area (Å²) in [5, 5.41) is 0. The van der Waals surface area contributed by atoms with Gasteiger partial charge in [-0.2, -0.15) is 0 Å². The molecule has 1 amide bonds. The van der Waals surface area contributed by atoms with Gasteiger partial charge in [-0.15, -0.1) is 0 Å². The number of nitrogens with two attached hydrogens (primary N) is 1. The van der Waals surface area contributed by atoms with Crippen molar-refractivity contribution in [2.75, 3.05) is 25.1 Å². The van der Waals surface area contributed by atoms with Crippen LogP contribution in [0.2, 0.25) is 0 Å². The molecule has 1 saturated heterocycles. The van der Waals surface area contributed by atoms with Crippen LogP contribution in [0.3, 0.4) is 0 Å². The molecular weight excluding hydrogens is 220 g/mol. The van der Waals surface area contributed by atoms with E-state index in [2.05, 4.69) is 0 Å². The lowest BCUT2D eigenvalue weighted by atomic mass is 10.2. The minimum atomic E-state index is -0.371. The molecule has 1 aromatic carbocycles. The second-order valence-electron chi connectivity index (χ2n) is 4.03. The van der Waals surface area contributed by atoms with Crippen LogP contribution in [0.15, 0.2) is 18.2 Å². The van der Waals surface area contributed by atoms with Crippen LogP contribution >= 0.6 is 0 Å². The van der Waals surface area contributed by atoms with Gasteiger partial charge in [0.25, 0.3) is 0 Å². The number of hydrogen-bond donors (Lipinski definition) is 1. The molecule has 2 rings (SSSR count). The van der Waals surface area contributed by atoms with Crippen molar-refractivity contribution in [2.24, 2.45) is 5.73 Å². The first-order valence-electron chi connectivity index (χ1n) is 5.48. The van der Waals surface area contributed by atoms with E-state index >= 15 is 0 Å². The highest BCUT2D eigenvalue weighted by atomic mass is 16.6. The largest absolute Gasteiger partial charge is 0.495 e. The first-order valence-corrected chi connectivity index (χ1v) is 5.48. The average molecular weight is 236 g/mol. The Morgan fingerprint density at radius 2 is 2.35 bits per heavy atom. The molecule has 1 aliphatic rings. The van der Waals surface area contributed by atoms with Gasteiger partial charge in [0, 0.05) is 6.54 Å². The number of amides is 1. The second kappa shape index (κ2) is 4.63. The molecule has 0 aromatic heterocycles. The molecule has 1 aliphatic heterocycles. The Labute approximate surface area is 100 Å². The van der Waals surface area contributed by atoms with Gasteiger partial charge in [0.15, 0.2) is 0 Å². The molecule has 0 saturated carbocycles. The lowest BCUT2D eigenvalue weighted by molar-refractivity contribution is 0.145. The van der Waals surface area contributed by atoms with Crippen molar-refractivity contribution < 1.29 is 14.3 Å². The first kappa shape index (κ1) is 11.7. The molecular formula is C12H16N2O3. The fourth-order valence-electron chi connectivity index (χ4n) is 1.85. The maximum Gasteiger partial charge on any atom is 0.414 e. The highest BCUT2D eigenvalue weighted by molar-refractivity contribution is 5.91. The molecule has 1 aromatic rings. The van der Waals surface area contributed by atoms with E-state index in [1.54, 1.807) is 12.0 Å². The molecule has 92 valence electrons. The van der Waals surface area contributed by atoms with Gasteiger partial charge in [0.2, 0.25) is 0 Å². The van der Waals surface area contributed by atoms with E-state index in [4.69, 9.17) is 15.2 Å². The molecule has 5 nitrogen and oxygen atoms in total. The lowest BCUT2D eigenvalue weighted by Gasteiger charge is -2.17. The lowest BCUT2D eigenvalue weighted by Crippen LogP contribution is -2.27. The summed E-state index contributed by atoms with van der Waals surface area (Å²) in [4.78, 5) is 13.3. The number of nitrogens with zero attached hydrogens (tertiary/aromatic N) is 1. The molecule has 5 heteroatoms. The van der Waals surface area contributed by atoms with Gasteiger partial charge in [-0.3, -0.25) is 4.90 Å². The van der Waals surface area contributed by atoms with Crippen molar-refractivity contribution in [1.29, 1.82) is 0 Å². The SMILES string of the molecule is COc1ccc(C)cc1N1CC(CN)OC1=O. The molecule has 1 atom stereocenters. The number of aryl methyl sites for hydroxylation is 1. The highest BCUT2D eigenvalue weighted by Crippen LogP contribution is 2.32. The van der Waals surface area contributed by atoms with Gasteiger partial charge >= 0.3 is 6.09 Å². The molecule has 2 N–H and O–H groups in total. The zero-order valence-corrected chi connectivity index (χ0v) is 9.97. The molecule has 0 aliphatic carbocycles. The zero-order valence-electron chi connectivity index (χ0n) is 9.97. The van der Waals surface area contributed by atoms with Crippen LogP contribution in [-0.4, -0.2) is 32.4 Å². The third-order valence-electron chi connectivity index (χ3n) is 2.76. The number of carbonyl (C=O) groups is 1. The van der Waals surface area contributed by atoms with Crippen LogP contribution in [0.5, 0.6) is 5.75 Å². The molecule has 0 bridgehead atoms. The number of anilines is 1. The monoisotopic (exact) mass is 236 g/mol. The Balaban J connectivity index is 2.33. The predicted octanol–water partition coefficient (Wildman–Crippen LogP) is 1.29. The third kappa shape index (κ3) is 2.19. The summed E-state index contributed by atoms with van der Waals surface area (Å²) in [7, 11) is 1.58. The van der Waals surface area contributed by atoms with E-state index in [9.17, 15) is 4.79 Å². The van der Waals surface area contributed by atoms with Crippen LogP contribution in [0, 0.1) is 6.92 Å². The van der Waals surface area contributed by atoms with Gasteiger partial charge in [-0.1, -0.05) is 6.07 Å². The molecule has 0 spiro atoms. The number of benzene rings is 1. The summed E-state index contributed by atoms with van der Waals surface area (Å²) < 4.78 is 10.4. The first-order chi connectivity index (χ1) is 8.15. The van der Waals surface area contributed by atoms with Crippen LogP contribution in [-0.2, 0) is 4.74 Å². The topological polar surface area (TPSA) is 64.8 Å². The fraction of sp³-hybridized carbons (Fsp3) is 0.417. The number of carbonyl (C=O) groups excluding carboxylic acids is 1. The molecule has 1 heterocycles. The van der Waals surface area contributed by atoms with Crippen molar-refractivity contribution in [3.05, 3.63) is 23.8 Å². The average Bonchev–Trinajstić information content (AvgIpc) is 2.70. The minimum Gasteiger partial charge on any atom is -0.495 e. The van der Waals surface area contributed by atoms with E-state index in [0.29, 0.717) is 18.8 Å². The zero-order chi connectivity index (χ0) is 12.4. The van der Waals surface area contributed by atoms with Gasteiger partial charge in [0.05, 0.1) is 19.3 Å². The Morgan fingerprint density at radius 3 is 2.94 bits per heavy atom. The molecule has 17 heavy (non-hydrogen) atoms. The van der Waals surface area contributed by atoms with E-state index in [1.165, 1.54) is 0 Å². The van der Waals surface area contributed by atoms with Crippen molar-refractivity contribution in [3.63, 3.8) is 0 Å². The number of ether oxygens (including phenoxy) is 2. The van der Waals surface area contributed by atoms with Crippen molar-refractivity contribution >= 4 is 11.8 Å². The van der Waals surface area contributed by atoms with Crippen molar-refractivity contribution in [3.8, 4) is 5.75 Å². The van der Waals surface area contributed by atoms with Crippen LogP contribution in [0.25, 0.3) is 0 Å². The summed E-state index contributed by atoms with van der Waals surface area (Å²) in [6, 6.07) is 5.68. The fourth-order valence-corrected chi connectivity index (χ4v) is 1.85.